The van der Waals surface area contributed by atoms with Crippen LogP contribution in [0.2, 0.25) is 0 Å². The van der Waals surface area contributed by atoms with E-state index in [0.29, 0.717) is 13.0 Å². The molecule has 1 amide bonds. The SMILES string of the molecule is CCN(C)S(=O)(=O)NC(=O)c1cnn2ccc(N3CCC(F)C3)c(F)c12. The topological polar surface area (TPSA) is 87.0 Å². The fourth-order valence-electron chi connectivity index (χ4n) is 2.80. The summed E-state index contributed by atoms with van der Waals surface area (Å²) >= 11 is 0. The first-order chi connectivity index (χ1) is 12.2. The first-order valence-electron chi connectivity index (χ1n) is 8.08. The molecule has 8 nitrogen and oxygen atoms in total. The Bertz CT molecular complexity index is 946. The number of pyridine rings is 1. The first kappa shape index (κ1) is 18.5. The Hall–Kier alpha value is -2.27. The number of fused-ring (bicyclic) bond motifs is 1. The van der Waals surface area contributed by atoms with Gasteiger partial charge in [0.25, 0.3) is 5.91 Å². The van der Waals surface area contributed by atoms with Gasteiger partial charge in [-0.05, 0) is 12.5 Å². The van der Waals surface area contributed by atoms with E-state index in [2.05, 4.69) is 5.10 Å². The van der Waals surface area contributed by atoms with E-state index in [4.69, 9.17) is 0 Å². The molecule has 3 rings (SSSR count). The van der Waals surface area contributed by atoms with Gasteiger partial charge in [-0.1, -0.05) is 6.92 Å². The van der Waals surface area contributed by atoms with Crippen molar-refractivity contribution in [3.63, 3.8) is 0 Å². The highest BCUT2D eigenvalue weighted by molar-refractivity contribution is 7.87. The molecule has 0 bridgehead atoms. The predicted octanol–water partition coefficient (Wildman–Crippen LogP) is 0.948. The van der Waals surface area contributed by atoms with Gasteiger partial charge in [0.15, 0.2) is 5.82 Å². The van der Waals surface area contributed by atoms with E-state index in [-0.39, 0.29) is 29.9 Å². The summed E-state index contributed by atoms with van der Waals surface area (Å²) in [6.45, 7) is 2.20. The zero-order chi connectivity index (χ0) is 19.1. The van der Waals surface area contributed by atoms with Crippen LogP contribution >= 0.6 is 0 Å². The first-order valence-corrected chi connectivity index (χ1v) is 9.52. The van der Waals surface area contributed by atoms with Crippen molar-refractivity contribution in [1.29, 1.82) is 0 Å². The summed E-state index contributed by atoms with van der Waals surface area (Å²) in [4.78, 5) is 13.9. The Morgan fingerprint density at radius 1 is 1.50 bits per heavy atom. The summed E-state index contributed by atoms with van der Waals surface area (Å²) in [6, 6.07) is 1.46. The molecule has 3 heterocycles. The van der Waals surface area contributed by atoms with Crippen LogP contribution in [-0.4, -0.2) is 61.1 Å². The summed E-state index contributed by atoms with van der Waals surface area (Å²) in [5.41, 5.74) is -0.217. The smallest absolute Gasteiger partial charge is 0.303 e. The van der Waals surface area contributed by atoms with Gasteiger partial charge < -0.3 is 4.90 Å². The Kier molecular flexibility index (Phi) is 4.84. The largest absolute Gasteiger partial charge is 0.366 e. The van der Waals surface area contributed by atoms with Crippen LogP contribution in [0, 0.1) is 5.82 Å². The molecule has 26 heavy (non-hydrogen) atoms. The number of aromatic nitrogens is 2. The van der Waals surface area contributed by atoms with Gasteiger partial charge >= 0.3 is 10.2 Å². The zero-order valence-electron chi connectivity index (χ0n) is 14.3. The third kappa shape index (κ3) is 3.23. The molecule has 1 aliphatic rings. The average Bonchev–Trinajstić information content (AvgIpc) is 3.20. The number of carbonyl (C=O) groups excluding carboxylic acids is 1. The lowest BCUT2D eigenvalue weighted by Gasteiger charge is -2.19. The van der Waals surface area contributed by atoms with Gasteiger partial charge in [-0.2, -0.15) is 17.8 Å². The van der Waals surface area contributed by atoms with Crippen LogP contribution in [0.5, 0.6) is 0 Å². The summed E-state index contributed by atoms with van der Waals surface area (Å²) < 4.78 is 56.5. The van der Waals surface area contributed by atoms with Crippen LogP contribution < -0.4 is 9.62 Å². The summed E-state index contributed by atoms with van der Waals surface area (Å²) in [5, 5.41) is 3.89. The van der Waals surface area contributed by atoms with E-state index in [1.807, 2.05) is 4.72 Å². The maximum absolute atomic E-state index is 15.0. The molecule has 0 saturated carbocycles. The molecule has 0 spiro atoms. The number of alkyl halides is 1. The molecule has 0 radical (unpaired) electrons. The summed E-state index contributed by atoms with van der Waals surface area (Å²) in [7, 11) is -2.73. The van der Waals surface area contributed by atoms with E-state index in [1.165, 1.54) is 19.3 Å². The molecule has 142 valence electrons. The van der Waals surface area contributed by atoms with Crippen LogP contribution in [-0.2, 0) is 10.2 Å². The average molecular weight is 387 g/mol. The number of carbonyl (C=O) groups is 1. The fourth-order valence-corrected chi connectivity index (χ4v) is 3.64. The van der Waals surface area contributed by atoms with Crippen molar-refractivity contribution < 1.29 is 22.0 Å². The van der Waals surface area contributed by atoms with Crippen LogP contribution in [0.15, 0.2) is 18.5 Å². The van der Waals surface area contributed by atoms with E-state index in [0.717, 1.165) is 15.0 Å². The lowest BCUT2D eigenvalue weighted by Crippen LogP contribution is -2.41. The Labute approximate surface area is 149 Å². The van der Waals surface area contributed by atoms with Crippen LogP contribution in [0.1, 0.15) is 23.7 Å². The molecule has 1 unspecified atom stereocenters. The molecule has 0 aromatic carbocycles. The third-order valence-corrected chi connectivity index (χ3v) is 5.92. The Balaban J connectivity index is 1.98. The van der Waals surface area contributed by atoms with Gasteiger partial charge in [0.2, 0.25) is 0 Å². The highest BCUT2D eigenvalue weighted by Crippen LogP contribution is 2.28. The molecule has 1 fully saturated rings. The molecule has 2 aromatic rings. The number of anilines is 1. The molecule has 0 aliphatic carbocycles. The predicted molar refractivity (Wildman–Crippen MR) is 91.6 cm³/mol. The van der Waals surface area contributed by atoms with Crippen molar-refractivity contribution in [3.05, 3.63) is 29.8 Å². The van der Waals surface area contributed by atoms with Gasteiger partial charge in [-0.3, -0.25) is 4.79 Å². The lowest BCUT2D eigenvalue weighted by molar-refractivity contribution is 0.0981. The van der Waals surface area contributed by atoms with E-state index in [1.54, 1.807) is 11.8 Å². The van der Waals surface area contributed by atoms with Crippen LogP contribution in [0.4, 0.5) is 14.5 Å². The minimum absolute atomic E-state index is 0.0679. The second kappa shape index (κ2) is 6.80. The van der Waals surface area contributed by atoms with Crippen molar-refractivity contribution in [3.8, 4) is 0 Å². The highest BCUT2D eigenvalue weighted by atomic mass is 32.2. The number of rotatable bonds is 5. The second-order valence-electron chi connectivity index (χ2n) is 6.05. The second-order valence-corrected chi connectivity index (χ2v) is 7.83. The van der Waals surface area contributed by atoms with Crippen LogP contribution in [0.3, 0.4) is 0 Å². The van der Waals surface area contributed by atoms with Gasteiger partial charge in [-0.25, -0.2) is 18.0 Å². The minimum atomic E-state index is -4.04. The minimum Gasteiger partial charge on any atom is -0.366 e. The number of nitrogens with zero attached hydrogens (tertiary/aromatic N) is 4. The molecule has 1 aliphatic heterocycles. The number of halogens is 2. The van der Waals surface area contributed by atoms with Crippen molar-refractivity contribution in [2.45, 2.75) is 19.5 Å². The highest BCUT2D eigenvalue weighted by Gasteiger charge is 2.28. The molecule has 1 N–H and O–H groups in total. The number of hydrogen-bond acceptors (Lipinski definition) is 5. The fraction of sp³-hybridized carbons (Fsp3) is 0.467. The summed E-state index contributed by atoms with van der Waals surface area (Å²) in [6.07, 6.45) is 1.82. The van der Waals surface area contributed by atoms with Crippen molar-refractivity contribution in [1.82, 2.24) is 18.6 Å². The van der Waals surface area contributed by atoms with E-state index >= 15 is 0 Å². The molecule has 2 aromatic heterocycles. The van der Waals surface area contributed by atoms with Crippen molar-refractivity contribution in [2.75, 3.05) is 31.6 Å². The van der Waals surface area contributed by atoms with Gasteiger partial charge in [0, 0.05) is 32.9 Å². The molecule has 1 saturated heterocycles. The normalized spacial score (nSPS) is 18.0. The maximum atomic E-state index is 15.0. The summed E-state index contributed by atoms with van der Waals surface area (Å²) in [5.74, 6) is -1.73. The zero-order valence-corrected chi connectivity index (χ0v) is 15.1. The Morgan fingerprint density at radius 2 is 2.23 bits per heavy atom. The molecular formula is C15H19F2N5O3S. The van der Waals surface area contributed by atoms with Crippen molar-refractivity contribution >= 4 is 27.3 Å². The van der Waals surface area contributed by atoms with E-state index < -0.39 is 28.1 Å². The maximum Gasteiger partial charge on any atom is 0.303 e. The number of amides is 1. The number of hydrogen-bond donors (Lipinski definition) is 1. The van der Waals surface area contributed by atoms with Crippen LogP contribution in [0.25, 0.3) is 5.52 Å². The third-order valence-electron chi connectivity index (χ3n) is 4.40. The number of nitrogens with one attached hydrogen (secondary N) is 1. The standard InChI is InChI=1S/C15H19F2N5O3S/c1-3-20(2)26(24,25)19-15(23)11-8-18-22-7-5-12(13(17)14(11)22)21-6-4-10(16)9-21/h5,7-8,10H,3-4,6,9H2,1-2H3,(H,19,23). The van der Waals surface area contributed by atoms with Gasteiger partial charge in [-0.15, -0.1) is 0 Å². The monoisotopic (exact) mass is 387 g/mol. The molecule has 11 heteroatoms. The quantitative estimate of drug-likeness (QED) is 0.825. The Morgan fingerprint density at radius 3 is 2.85 bits per heavy atom. The lowest BCUT2D eigenvalue weighted by atomic mass is 10.2. The van der Waals surface area contributed by atoms with E-state index in [9.17, 15) is 22.0 Å². The van der Waals surface area contributed by atoms with Gasteiger partial charge in [0.1, 0.15) is 11.7 Å². The van der Waals surface area contributed by atoms with Crippen molar-refractivity contribution in [2.24, 2.45) is 0 Å². The molecule has 1 atom stereocenters. The molecular weight excluding hydrogens is 368 g/mol. The van der Waals surface area contributed by atoms with Gasteiger partial charge in [0.05, 0.1) is 17.4 Å².